The Labute approximate surface area is 122 Å². The molecular weight excluding hydrogens is 270 g/mol. The SMILES string of the molecule is O=[N+]([O-])c1ccccc1Oc1cccc2c1CCC[C@@H]2O. The number of benzene rings is 2. The van der Waals surface area contributed by atoms with E-state index in [0.29, 0.717) is 5.75 Å². The lowest BCUT2D eigenvalue weighted by atomic mass is 9.89. The minimum Gasteiger partial charge on any atom is -0.450 e. The van der Waals surface area contributed by atoms with Gasteiger partial charge in [-0.15, -0.1) is 0 Å². The van der Waals surface area contributed by atoms with Crippen LogP contribution in [-0.2, 0) is 6.42 Å². The molecule has 1 aliphatic carbocycles. The number of ether oxygens (including phenoxy) is 1. The molecule has 0 aromatic heterocycles. The molecule has 0 bridgehead atoms. The van der Waals surface area contributed by atoms with Gasteiger partial charge in [0.05, 0.1) is 11.0 Å². The van der Waals surface area contributed by atoms with E-state index < -0.39 is 11.0 Å². The third-order valence-corrected chi connectivity index (χ3v) is 3.71. The zero-order valence-corrected chi connectivity index (χ0v) is 11.4. The van der Waals surface area contributed by atoms with Gasteiger partial charge in [0, 0.05) is 11.6 Å². The van der Waals surface area contributed by atoms with Gasteiger partial charge >= 0.3 is 5.69 Å². The Morgan fingerprint density at radius 3 is 2.71 bits per heavy atom. The highest BCUT2D eigenvalue weighted by molar-refractivity contribution is 5.51. The fourth-order valence-corrected chi connectivity index (χ4v) is 2.70. The van der Waals surface area contributed by atoms with Crippen LogP contribution in [0.5, 0.6) is 11.5 Å². The van der Waals surface area contributed by atoms with Crippen LogP contribution in [0.1, 0.15) is 30.1 Å². The third kappa shape index (κ3) is 2.60. The second-order valence-electron chi connectivity index (χ2n) is 5.06. The lowest BCUT2D eigenvalue weighted by molar-refractivity contribution is -0.385. The Hall–Kier alpha value is -2.40. The van der Waals surface area contributed by atoms with Crippen molar-refractivity contribution in [1.82, 2.24) is 0 Å². The number of nitro benzene ring substituents is 1. The largest absolute Gasteiger partial charge is 0.450 e. The molecule has 0 radical (unpaired) electrons. The molecule has 0 heterocycles. The van der Waals surface area contributed by atoms with Crippen LogP contribution in [0.4, 0.5) is 5.69 Å². The van der Waals surface area contributed by atoms with Crippen molar-refractivity contribution in [2.24, 2.45) is 0 Å². The molecule has 1 atom stereocenters. The summed E-state index contributed by atoms with van der Waals surface area (Å²) in [6.07, 6.45) is 1.94. The maximum absolute atomic E-state index is 11.0. The van der Waals surface area contributed by atoms with Crippen molar-refractivity contribution in [3.63, 3.8) is 0 Å². The van der Waals surface area contributed by atoms with Crippen LogP contribution in [0.15, 0.2) is 42.5 Å². The lowest BCUT2D eigenvalue weighted by Crippen LogP contribution is -2.10. The lowest BCUT2D eigenvalue weighted by Gasteiger charge is -2.23. The molecule has 5 nitrogen and oxygen atoms in total. The molecule has 2 aromatic rings. The van der Waals surface area contributed by atoms with Gasteiger partial charge in [0.25, 0.3) is 0 Å². The van der Waals surface area contributed by atoms with E-state index in [4.69, 9.17) is 4.74 Å². The van der Waals surface area contributed by atoms with E-state index in [1.807, 2.05) is 6.07 Å². The molecule has 0 amide bonds. The molecule has 5 heteroatoms. The van der Waals surface area contributed by atoms with Crippen molar-refractivity contribution < 1.29 is 14.8 Å². The molecule has 2 aromatic carbocycles. The van der Waals surface area contributed by atoms with E-state index in [0.717, 1.165) is 30.4 Å². The van der Waals surface area contributed by atoms with E-state index in [2.05, 4.69) is 0 Å². The number of hydrogen-bond donors (Lipinski definition) is 1. The second kappa shape index (κ2) is 5.54. The number of fused-ring (bicyclic) bond motifs is 1. The third-order valence-electron chi connectivity index (χ3n) is 3.71. The minimum absolute atomic E-state index is 0.0635. The maximum Gasteiger partial charge on any atom is 0.311 e. The zero-order valence-electron chi connectivity index (χ0n) is 11.4. The molecule has 0 aliphatic heterocycles. The summed E-state index contributed by atoms with van der Waals surface area (Å²) in [6, 6.07) is 11.8. The summed E-state index contributed by atoms with van der Waals surface area (Å²) in [6.45, 7) is 0. The number of hydrogen-bond acceptors (Lipinski definition) is 4. The number of rotatable bonds is 3. The first-order valence-electron chi connectivity index (χ1n) is 6.88. The fourth-order valence-electron chi connectivity index (χ4n) is 2.70. The van der Waals surface area contributed by atoms with Crippen LogP contribution < -0.4 is 4.74 Å². The highest BCUT2D eigenvalue weighted by Gasteiger charge is 2.22. The van der Waals surface area contributed by atoms with Gasteiger partial charge in [-0.25, -0.2) is 0 Å². The number of nitrogens with zero attached hydrogens (tertiary/aromatic N) is 1. The summed E-state index contributed by atoms with van der Waals surface area (Å²) < 4.78 is 5.76. The second-order valence-corrected chi connectivity index (χ2v) is 5.06. The Morgan fingerprint density at radius 2 is 1.90 bits per heavy atom. The van der Waals surface area contributed by atoms with E-state index in [1.54, 1.807) is 30.3 Å². The highest BCUT2D eigenvalue weighted by atomic mass is 16.6. The van der Waals surface area contributed by atoms with E-state index in [-0.39, 0.29) is 11.4 Å². The van der Waals surface area contributed by atoms with Crippen molar-refractivity contribution in [2.45, 2.75) is 25.4 Å². The van der Waals surface area contributed by atoms with Crippen LogP contribution in [0, 0.1) is 10.1 Å². The molecule has 0 fully saturated rings. The Balaban J connectivity index is 2.00. The first-order valence-corrected chi connectivity index (χ1v) is 6.88. The predicted molar refractivity (Wildman–Crippen MR) is 77.5 cm³/mol. The molecule has 0 spiro atoms. The summed E-state index contributed by atoms with van der Waals surface area (Å²) >= 11 is 0. The van der Waals surface area contributed by atoms with Crippen molar-refractivity contribution >= 4 is 5.69 Å². The average Bonchev–Trinajstić information content (AvgIpc) is 2.49. The summed E-state index contributed by atoms with van der Waals surface area (Å²) in [5, 5.41) is 21.1. The molecule has 0 unspecified atom stereocenters. The van der Waals surface area contributed by atoms with Crippen LogP contribution in [0.3, 0.4) is 0 Å². The van der Waals surface area contributed by atoms with Gasteiger partial charge in [-0.1, -0.05) is 24.3 Å². The van der Waals surface area contributed by atoms with Crippen molar-refractivity contribution in [3.05, 3.63) is 63.7 Å². The van der Waals surface area contributed by atoms with Gasteiger partial charge in [-0.05, 0) is 37.0 Å². The van der Waals surface area contributed by atoms with Crippen LogP contribution in [0.2, 0.25) is 0 Å². The molecule has 0 saturated heterocycles. The summed E-state index contributed by atoms with van der Waals surface area (Å²) in [5.74, 6) is 0.802. The molecular formula is C16H15NO4. The molecule has 21 heavy (non-hydrogen) atoms. The van der Waals surface area contributed by atoms with E-state index in [1.165, 1.54) is 6.07 Å². The number of aliphatic hydroxyl groups excluding tert-OH is 1. The summed E-state index contributed by atoms with van der Waals surface area (Å²) in [7, 11) is 0. The van der Waals surface area contributed by atoms with Gasteiger partial charge in [0.2, 0.25) is 5.75 Å². The van der Waals surface area contributed by atoms with Gasteiger partial charge in [0.1, 0.15) is 5.75 Å². The van der Waals surface area contributed by atoms with Gasteiger partial charge in [-0.2, -0.15) is 0 Å². The standard InChI is InChI=1S/C16H15NO4/c18-14-8-3-6-12-11(14)5-4-10-15(12)21-16-9-2-1-7-13(16)17(19)20/h1-2,4-5,7,9-10,14,18H,3,6,8H2/t14-/m0/s1. The average molecular weight is 285 g/mol. The predicted octanol–water partition coefficient (Wildman–Crippen LogP) is 3.76. The molecule has 0 saturated carbocycles. The van der Waals surface area contributed by atoms with E-state index >= 15 is 0 Å². The molecule has 3 rings (SSSR count). The van der Waals surface area contributed by atoms with E-state index in [9.17, 15) is 15.2 Å². The molecule has 1 aliphatic rings. The summed E-state index contributed by atoms with van der Waals surface area (Å²) in [4.78, 5) is 10.6. The quantitative estimate of drug-likeness (QED) is 0.688. The minimum atomic E-state index is -0.483. The van der Waals surface area contributed by atoms with Gasteiger partial charge in [0.15, 0.2) is 0 Å². The normalized spacial score (nSPS) is 17.1. The fraction of sp³-hybridized carbons (Fsp3) is 0.250. The number of aliphatic hydroxyl groups is 1. The van der Waals surface area contributed by atoms with Crippen molar-refractivity contribution in [1.29, 1.82) is 0 Å². The van der Waals surface area contributed by atoms with Crippen LogP contribution in [0.25, 0.3) is 0 Å². The molecule has 1 N–H and O–H groups in total. The Bertz CT molecular complexity index is 684. The Morgan fingerprint density at radius 1 is 1.14 bits per heavy atom. The monoisotopic (exact) mass is 285 g/mol. The zero-order chi connectivity index (χ0) is 14.8. The molecule has 108 valence electrons. The van der Waals surface area contributed by atoms with Gasteiger partial charge < -0.3 is 9.84 Å². The highest BCUT2D eigenvalue weighted by Crippen LogP contribution is 2.38. The summed E-state index contributed by atoms with van der Waals surface area (Å²) in [5.41, 5.74) is 1.73. The maximum atomic E-state index is 11.0. The van der Waals surface area contributed by atoms with Crippen molar-refractivity contribution in [2.75, 3.05) is 0 Å². The first kappa shape index (κ1) is 13.6. The first-order chi connectivity index (χ1) is 10.2. The van der Waals surface area contributed by atoms with Crippen LogP contribution in [-0.4, -0.2) is 10.0 Å². The van der Waals surface area contributed by atoms with Gasteiger partial charge in [-0.3, -0.25) is 10.1 Å². The van der Waals surface area contributed by atoms with Crippen LogP contribution >= 0.6 is 0 Å². The number of nitro groups is 1. The number of para-hydroxylation sites is 2. The van der Waals surface area contributed by atoms with Crippen molar-refractivity contribution in [3.8, 4) is 11.5 Å². The smallest absolute Gasteiger partial charge is 0.311 e. The Kier molecular flexibility index (Phi) is 3.58. The topological polar surface area (TPSA) is 72.6 Å².